The Labute approximate surface area is 358 Å². The Kier molecular flexibility index (Phi) is 7.02. The zero-order chi connectivity index (χ0) is 41.2. The number of rotatable bonds is 4. The first kappa shape index (κ1) is 34.1. The van der Waals surface area contributed by atoms with Gasteiger partial charge in [-0.2, -0.15) is 0 Å². The van der Waals surface area contributed by atoms with E-state index in [-0.39, 0.29) is 0 Å². The lowest BCUT2D eigenvalue weighted by molar-refractivity contribution is 0.669. The highest BCUT2D eigenvalue weighted by Gasteiger charge is 2.26. The predicted octanol–water partition coefficient (Wildman–Crippen LogP) is 15.2. The van der Waals surface area contributed by atoms with E-state index in [1.165, 1.54) is 21.5 Å². The molecular weight excluding hydrogens is 773 g/mol. The van der Waals surface area contributed by atoms with Crippen LogP contribution < -0.4 is 0 Å². The summed E-state index contributed by atoms with van der Waals surface area (Å²) in [6, 6.07) is 68.0. The van der Waals surface area contributed by atoms with Crippen LogP contribution in [0.3, 0.4) is 0 Å². The van der Waals surface area contributed by atoms with E-state index in [9.17, 15) is 0 Å². The quantitative estimate of drug-likeness (QED) is 0.177. The second-order valence-corrected chi connectivity index (χ2v) is 16.3. The third-order valence-electron chi connectivity index (χ3n) is 12.8. The number of benzene rings is 10. The summed E-state index contributed by atoms with van der Waals surface area (Å²) in [6.45, 7) is 0. The van der Waals surface area contributed by atoms with Gasteiger partial charge in [-0.05, 0) is 81.5 Å². The van der Waals surface area contributed by atoms with Crippen LogP contribution in [0.25, 0.3) is 138 Å². The van der Waals surface area contributed by atoms with Crippen molar-refractivity contribution in [3.05, 3.63) is 194 Å². The molecule has 0 fully saturated rings. The zero-order valence-corrected chi connectivity index (χ0v) is 33.6. The molecule has 6 nitrogen and oxygen atoms in total. The number of para-hydroxylation sites is 1. The molecule has 0 saturated carbocycles. The fraction of sp³-hybridized carbons (Fsp3) is 0. The van der Waals surface area contributed by atoms with Crippen molar-refractivity contribution in [2.45, 2.75) is 0 Å². The Bertz CT molecular complexity index is 4220. The molecule has 0 unspecified atom stereocenters. The van der Waals surface area contributed by atoms with Gasteiger partial charge in [-0.1, -0.05) is 140 Å². The van der Waals surface area contributed by atoms with Crippen molar-refractivity contribution < 1.29 is 8.83 Å². The molecule has 0 bridgehead atoms. The molecule has 292 valence electrons. The second-order valence-electron chi connectivity index (χ2n) is 16.3. The van der Waals surface area contributed by atoms with E-state index in [2.05, 4.69) is 144 Å². The van der Waals surface area contributed by atoms with Crippen molar-refractivity contribution in [2.24, 2.45) is 0 Å². The molecule has 0 spiro atoms. The van der Waals surface area contributed by atoms with Crippen molar-refractivity contribution in [3.8, 4) is 39.9 Å². The van der Waals surface area contributed by atoms with Crippen LogP contribution in [-0.4, -0.2) is 19.5 Å². The summed E-state index contributed by atoms with van der Waals surface area (Å²) in [5, 5.41) is 13.4. The Morgan fingerprint density at radius 2 is 0.937 bits per heavy atom. The lowest BCUT2D eigenvalue weighted by Crippen LogP contribution is -2.04. The lowest BCUT2D eigenvalue weighted by atomic mass is 10.0. The fourth-order valence-corrected chi connectivity index (χ4v) is 9.88. The highest BCUT2D eigenvalue weighted by molar-refractivity contribution is 6.25. The molecule has 0 saturated heterocycles. The molecule has 14 aromatic rings. The first-order valence-electron chi connectivity index (χ1n) is 21.2. The minimum Gasteiger partial charge on any atom is -0.456 e. The molecule has 0 aliphatic heterocycles. The third kappa shape index (κ3) is 5.03. The Morgan fingerprint density at radius 3 is 1.78 bits per heavy atom. The van der Waals surface area contributed by atoms with Crippen molar-refractivity contribution in [1.29, 1.82) is 0 Å². The topological polar surface area (TPSA) is 69.9 Å². The number of hydrogen-bond donors (Lipinski definition) is 0. The minimum atomic E-state index is 0.530. The summed E-state index contributed by atoms with van der Waals surface area (Å²) in [4.78, 5) is 15.9. The van der Waals surface area contributed by atoms with E-state index in [1.54, 1.807) is 0 Å². The highest BCUT2D eigenvalue weighted by Crippen LogP contribution is 2.46. The number of nitrogens with zero attached hydrogens (tertiary/aromatic N) is 4. The van der Waals surface area contributed by atoms with E-state index in [1.807, 2.05) is 54.6 Å². The molecule has 0 atom stereocenters. The molecule has 0 radical (unpaired) electrons. The molecule has 4 heterocycles. The molecule has 14 rings (SSSR count). The van der Waals surface area contributed by atoms with Gasteiger partial charge in [0.15, 0.2) is 23.1 Å². The van der Waals surface area contributed by atoms with Crippen LogP contribution in [0, 0.1) is 0 Å². The van der Waals surface area contributed by atoms with Crippen molar-refractivity contribution in [3.63, 3.8) is 0 Å². The van der Waals surface area contributed by atoms with Crippen LogP contribution in [0.1, 0.15) is 0 Å². The van der Waals surface area contributed by atoms with Crippen LogP contribution in [-0.2, 0) is 0 Å². The van der Waals surface area contributed by atoms with E-state index in [4.69, 9.17) is 23.8 Å². The van der Waals surface area contributed by atoms with Crippen LogP contribution in [0.4, 0.5) is 0 Å². The molecule has 0 aliphatic carbocycles. The van der Waals surface area contributed by atoms with Gasteiger partial charge in [0.05, 0.1) is 11.0 Å². The van der Waals surface area contributed by atoms with Crippen LogP contribution in [0.15, 0.2) is 203 Å². The number of fused-ring (bicyclic) bond motifs is 14. The summed E-state index contributed by atoms with van der Waals surface area (Å²) in [5.41, 5.74) is 8.74. The Balaban J connectivity index is 1.13. The highest BCUT2D eigenvalue weighted by atomic mass is 16.3. The summed E-state index contributed by atoms with van der Waals surface area (Å²) in [5.74, 6) is 1.64. The van der Waals surface area contributed by atoms with E-state index in [0.29, 0.717) is 17.5 Å². The molecule has 63 heavy (non-hydrogen) atoms. The maximum absolute atomic E-state index is 7.26. The zero-order valence-electron chi connectivity index (χ0n) is 33.6. The average molecular weight is 805 g/mol. The molecule has 0 aliphatic rings. The second kappa shape index (κ2) is 12.9. The smallest absolute Gasteiger partial charge is 0.166 e. The van der Waals surface area contributed by atoms with E-state index >= 15 is 0 Å². The standard InChI is InChI=1S/C57H32N4O2/c1-2-14-35(15-3-1)55-58-56(38-23-25-42-41-20-10-11-21-49(41)62-50(42)32-38)60-57(59-55)45-28-27-44-43-26-22-34-13-7-9-19-40(34)53(43)63-54(44)52(45)61-47-29-24-33-12-6-8-18-39(33)51(47)46-30-36-16-4-5-17-37(36)31-48(46)61/h1-32H. The Hall–Kier alpha value is -8.61. The maximum atomic E-state index is 7.26. The van der Waals surface area contributed by atoms with Gasteiger partial charge in [0.2, 0.25) is 0 Å². The van der Waals surface area contributed by atoms with Crippen LogP contribution >= 0.6 is 0 Å². The van der Waals surface area contributed by atoms with Crippen molar-refractivity contribution in [2.75, 3.05) is 0 Å². The average Bonchev–Trinajstić information content (AvgIpc) is 4.02. The van der Waals surface area contributed by atoms with E-state index in [0.717, 1.165) is 98.8 Å². The SMILES string of the molecule is c1ccc(-c2nc(-c3ccc4c(c3)oc3ccccc34)nc(-c3ccc4c(oc5c6ccccc6ccc45)c3-n3c4cc5ccccc5cc4c4c5ccccc5ccc43)n2)cc1. The van der Waals surface area contributed by atoms with Gasteiger partial charge >= 0.3 is 0 Å². The largest absolute Gasteiger partial charge is 0.456 e. The van der Waals surface area contributed by atoms with E-state index < -0.39 is 0 Å². The van der Waals surface area contributed by atoms with Gasteiger partial charge in [-0.3, -0.25) is 0 Å². The number of hydrogen-bond acceptors (Lipinski definition) is 5. The number of furan rings is 2. The fourth-order valence-electron chi connectivity index (χ4n) is 9.88. The molecule has 4 aromatic heterocycles. The van der Waals surface area contributed by atoms with Crippen LogP contribution in [0.5, 0.6) is 0 Å². The molecule has 6 heteroatoms. The van der Waals surface area contributed by atoms with Crippen molar-refractivity contribution >= 4 is 98.0 Å². The normalized spacial score (nSPS) is 12.1. The lowest BCUT2D eigenvalue weighted by Gasteiger charge is -2.15. The Morgan fingerprint density at radius 1 is 0.333 bits per heavy atom. The van der Waals surface area contributed by atoms with Gasteiger partial charge in [-0.25, -0.2) is 15.0 Å². The number of aromatic nitrogens is 4. The van der Waals surface area contributed by atoms with Gasteiger partial charge in [-0.15, -0.1) is 0 Å². The maximum Gasteiger partial charge on any atom is 0.166 e. The summed E-state index contributed by atoms with van der Waals surface area (Å²) in [7, 11) is 0. The molecular formula is C57H32N4O2. The van der Waals surface area contributed by atoms with Gasteiger partial charge in [0.25, 0.3) is 0 Å². The first-order valence-corrected chi connectivity index (χ1v) is 21.2. The summed E-state index contributed by atoms with van der Waals surface area (Å²) >= 11 is 0. The predicted molar refractivity (Wildman–Crippen MR) is 258 cm³/mol. The van der Waals surface area contributed by atoms with Crippen molar-refractivity contribution in [1.82, 2.24) is 19.5 Å². The summed E-state index contributed by atoms with van der Waals surface area (Å²) in [6.07, 6.45) is 0. The molecule has 0 N–H and O–H groups in total. The monoisotopic (exact) mass is 804 g/mol. The van der Waals surface area contributed by atoms with Gasteiger partial charge in [0.1, 0.15) is 22.4 Å². The molecule has 0 amide bonds. The molecule has 10 aromatic carbocycles. The van der Waals surface area contributed by atoms with Crippen LogP contribution in [0.2, 0.25) is 0 Å². The minimum absolute atomic E-state index is 0.530. The first-order chi connectivity index (χ1) is 31.2. The summed E-state index contributed by atoms with van der Waals surface area (Å²) < 4.78 is 16.0. The third-order valence-corrected chi connectivity index (χ3v) is 12.8. The van der Waals surface area contributed by atoms with Gasteiger partial charge < -0.3 is 13.4 Å². The van der Waals surface area contributed by atoms with Gasteiger partial charge in [0, 0.05) is 54.4 Å².